The van der Waals surface area contributed by atoms with E-state index in [1.165, 1.54) is 48.1 Å². The van der Waals surface area contributed by atoms with Gasteiger partial charge < -0.3 is 28.6 Å². The molecule has 0 saturated carbocycles. The van der Waals surface area contributed by atoms with Crippen molar-refractivity contribution >= 4 is 31.6 Å². The van der Waals surface area contributed by atoms with E-state index in [-0.39, 0.29) is 11.3 Å². The van der Waals surface area contributed by atoms with E-state index >= 15 is 0 Å². The number of carbonyl (C=O) groups excluding carboxylic acids is 3. The number of para-hydroxylation sites is 1. The third kappa shape index (κ3) is 9.08. The van der Waals surface area contributed by atoms with Gasteiger partial charge in [0, 0.05) is 19.9 Å². The normalized spacial score (nSPS) is 22.0. The maximum Gasteiger partial charge on any atom is 0.459 e. The highest BCUT2D eigenvalue weighted by Gasteiger charge is 2.55. The van der Waals surface area contributed by atoms with E-state index in [0.717, 1.165) is 13.8 Å². The number of ether oxygens (including phenoxy) is 4. The summed E-state index contributed by atoms with van der Waals surface area (Å²) < 4.78 is 48.7. The van der Waals surface area contributed by atoms with Crippen molar-refractivity contribution in [2.24, 2.45) is 0 Å². The van der Waals surface area contributed by atoms with Gasteiger partial charge in [-0.25, -0.2) is 9.36 Å². The molecule has 14 nitrogen and oxygen atoms in total. The average Bonchev–Trinajstić information content (AvgIpc) is 3.23. The molecule has 1 aliphatic heterocycles. The van der Waals surface area contributed by atoms with Crippen molar-refractivity contribution in [3.63, 3.8) is 0 Å². The Balaban J connectivity index is 1.92. The lowest BCUT2D eigenvalue weighted by molar-refractivity contribution is -0.765. The predicted molar refractivity (Wildman–Crippen MR) is 143 cm³/mol. The average molecular weight is 610 g/mol. The predicted octanol–water partition coefficient (Wildman–Crippen LogP) is 2.57. The summed E-state index contributed by atoms with van der Waals surface area (Å²) in [7, 11) is -4.33. The van der Waals surface area contributed by atoms with E-state index < -0.39 is 74.9 Å². The lowest BCUT2D eigenvalue weighted by Crippen LogP contribution is -2.48. The van der Waals surface area contributed by atoms with Gasteiger partial charge in [0.1, 0.15) is 23.5 Å². The minimum absolute atomic E-state index is 0.0846. The largest absolute Gasteiger partial charge is 0.477 e. The van der Waals surface area contributed by atoms with Crippen LogP contribution >= 0.6 is 7.75 Å². The maximum absolute atomic E-state index is 13.9. The molecule has 3 rings (SSSR count). The van der Waals surface area contributed by atoms with Gasteiger partial charge in [-0.3, -0.25) is 18.9 Å². The van der Waals surface area contributed by atoms with Gasteiger partial charge in [-0.2, -0.15) is 9.65 Å². The summed E-state index contributed by atoms with van der Waals surface area (Å²) in [5.41, 5.74) is -0.0846. The summed E-state index contributed by atoms with van der Waals surface area (Å²) in [6.07, 6.45) is -2.53. The first kappa shape index (κ1) is 32.7. The second-order valence-corrected chi connectivity index (χ2v) is 11.3. The van der Waals surface area contributed by atoms with E-state index in [2.05, 4.69) is 5.09 Å². The van der Waals surface area contributed by atoms with Gasteiger partial charge in [0.25, 0.3) is 0 Å². The number of pyridine rings is 1. The molecule has 0 radical (unpaired) electrons. The van der Waals surface area contributed by atoms with E-state index in [9.17, 15) is 28.8 Å². The number of benzene rings is 1. The number of esters is 3. The third-order valence-electron chi connectivity index (χ3n) is 5.69. The molecule has 1 aliphatic rings. The van der Waals surface area contributed by atoms with Crippen molar-refractivity contribution < 1.29 is 61.4 Å². The zero-order valence-corrected chi connectivity index (χ0v) is 24.6. The highest BCUT2D eigenvalue weighted by atomic mass is 31.2. The van der Waals surface area contributed by atoms with Crippen LogP contribution in [-0.4, -0.2) is 66.0 Å². The smallest absolute Gasteiger partial charge is 0.459 e. The van der Waals surface area contributed by atoms with E-state index in [1.807, 2.05) is 0 Å². The number of nitrogens with one attached hydrogen (secondary N) is 1. The Hall–Kier alpha value is -3.84. The van der Waals surface area contributed by atoms with Crippen molar-refractivity contribution in [1.29, 1.82) is 0 Å². The van der Waals surface area contributed by atoms with Crippen LogP contribution in [0.2, 0.25) is 0 Å². The van der Waals surface area contributed by atoms with E-state index in [4.69, 9.17) is 28.0 Å². The van der Waals surface area contributed by atoms with Crippen molar-refractivity contribution in [2.75, 3.05) is 6.61 Å². The molecule has 0 bridgehead atoms. The number of carboxylic acids is 1. The quantitative estimate of drug-likeness (QED) is 0.147. The van der Waals surface area contributed by atoms with Crippen LogP contribution in [0.4, 0.5) is 0 Å². The van der Waals surface area contributed by atoms with Crippen LogP contribution < -0.4 is 14.2 Å². The first-order chi connectivity index (χ1) is 19.8. The first-order valence-electron chi connectivity index (χ1n) is 13.0. The van der Waals surface area contributed by atoms with Gasteiger partial charge in [0.15, 0.2) is 18.5 Å². The topological polar surface area (TPSA) is 177 Å². The monoisotopic (exact) mass is 609 g/mol. The minimum Gasteiger partial charge on any atom is -0.477 e. The number of carboxylic acid groups (broad SMARTS) is 1. The summed E-state index contributed by atoms with van der Waals surface area (Å²) in [5.74, 6) is -3.21. The molecule has 0 aliphatic carbocycles. The molecule has 2 aromatic rings. The van der Waals surface area contributed by atoms with Crippen LogP contribution in [0.5, 0.6) is 5.75 Å². The molecule has 0 amide bonds. The van der Waals surface area contributed by atoms with Crippen LogP contribution in [0.3, 0.4) is 0 Å². The van der Waals surface area contributed by atoms with Gasteiger partial charge >= 0.3 is 37.9 Å². The van der Waals surface area contributed by atoms with E-state index in [1.54, 1.807) is 32.0 Å². The summed E-state index contributed by atoms with van der Waals surface area (Å²) >= 11 is 0. The fourth-order valence-electron chi connectivity index (χ4n) is 4.02. The highest BCUT2D eigenvalue weighted by molar-refractivity contribution is 7.52. The Labute approximate surface area is 242 Å². The number of carbonyl (C=O) groups is 4. The molecule has 1 saturated heterocycles. The van der Waals surface area contributed by atoms with Crippen LogP contribution in [0.1, 0.15) is 51.2 Å². The number of aromatic nitrogens is 1. The van der Waals surface area contributed by atoms with Gasteiger partial charge in [0.05, 0.1) is 12.7 Å². The standard InChI is InChI=1S/C27H33N2O12P/c1-16(2)37-27(34)17(3)28-42(35,41-21-11-7-6-8-12-21)36-15-22-23(38-18(4)30)24(39-19(5)31)25(40-22)29-13-9-10-20(14-29)26(32)33/h6-14,16-17,22-25H,15H2,1-5H3,(H-,28,32,33,35)/p+1/t17-,22+,23+,24+,25+,42?/m0/s1. The summed E-state index contributed by atoms with van der Waals surface area (Å²) in [6.45, 7) is 6.49. The van der Waals surface area contributed by atoms with Crippen LogP contribution in [0.15, 0.2) is 54.9 Å². The summed E-state index contributed by atoms with van der Waals surface area (Å²) in [6, 6.07) is 9.75. The molecule has 1 aromatic heterocycles. The van der Waals surface area contributed by atoms with Gasteiger partial charge in [-0.15, -0.1) is 0 Å². The molecular weight excluding hydrogens is 575 g/mol. The lowest BCUT2D eigenvalue weighted by Gasteiger charge is -2.25. The highest BCUT2D eigenvalue weighted by Crippen LogP contribution is 2.46. The Kier molecular flexibility index (Phi) is 11.2. The molecule has 6 atom stereocenters. The SMILES string of the molecule is CC(=O)O[C@@H]1[C@H](OC(C)=O)[C@@H](COP(=O)(N[C@@H](C)C(=O)OC(C)C)Oc2ccccc2)O[C@H]1[n+]1cccc(C(=O)O)c1. The molecule has 42 heavy (non-hydrogen) atoms. The zero-order valence-electron chi connectivity index (χ0n) is 23.7. The second kappa shape index (κ2) is 14.4. The molecule has 2 heterocycles. The fraction of sp³-hybridized carbons (Fsp3) is 0.444. The van der Waals surface area contributed by atoms with Crippen molar-refractivity contribution in [3.05, 3.63) is 60.4 Å². The maximum atomic E-state index is 13.9. The van der Waals surface area contributed by atoms with Gasteiger partial charge in [0.2, 0.25) is 6.10 Å². The third-order valence-corrected chi connectivity index (χ3v) is 7.33. The summed E-state index contributed by atoms with van der Waals surface area (Å²) in [5, 5.41) is 12.0. The zero-order chi connectivity index (χ0) is 31.0. The number of nitrogens with zero attached hydrogens (tertiary/aromatic N) is 1. The minimum atomic E-state index is -4.33. The fourth-order valence-corrected chi connectivity index (χ4v) is 5.52. The number of rotatable bonds is 13. The molecule has 1 fully saturated rings. The summed E-state index contributed by atoms with van der Waals surface area (Å²) in [4.78, 5) is 48.0. The molecule has 1 aromatic carbocycles. The van der Waals surface area contributed by atoms with Crippen molar-refractivity contribution in [2.45, 2.75) is 71.3 Å². The van der Waals surface area contributed by atoms with Gasteiger partial charge in [-0.1, -0.05) is 18.2 Å². The number of hydrogen-bond acceptors (Lipinski definition) is 11. The van der Waals surface area contributed by atoms with Crippen molar-refractivity contribution in [1.82, 2.24) is 5.09 Å². The molecule has 228 valence electrons. The first-order valence-corrected chi connectivity index (χ1v) is 14.5. The van der Waals surface area contributed by atoms with Gasteiger partial charge in [-0.05, 0) is 39.0 Å². The Morgan fingerprint density at radius 2 is 1.64 bits per heavy atom. The number of hydrogen-bond donors (Lipinski definition) is 2. The Morgan fingerprint density at radius 1 is 1.00 bits per heavy atom. The van der Waals surface area contributed by atoms with E-state index in [0.29, 0.717) is 0 Å². The lowest BCUT2D eigenvalue weighted by atomic mass is 10.1. The Morgan fingerprint density at radius 3 is 2.24 bits per heavy atom. The van der Waals surface area contributed by atoms with Crippen LogP contribution in [0, 0.1) is 0 Å². The van der Waals surface area contributed by atoms with Crippen molar-refractivity contribution in [3.8, 4) is 5.75 Å². The van der Waals surface area contributed by atoms with Crippen LogP contribution in [-0.2, 0) is 42.4 Å². The Bertz CT molecular complexity index is 1320. The molecule has 15 heteroatoms. The number of aromatic carboxylic acids is 1. The molecule has 2 N–H and O–H groups in total. The molecular formula is C27H34N2O12P+. The second-order valence-electron chi connectivity index (χ2n) is 9.59. The molecule has 0 spiro atoms. The van der Waals surface area contributed by atoms with Crippen LogP contribution in [0.25, 0.3) is 0 Å². The molecule has 1 unspecified atom stereocenters.